The molecular weight excluding hydrogens is 248 g/mol. The normalized spacial score (nSPS) is 23.7. The molecule has 1 saturated heterocycles. The van der Waals surface area contributed by atoms with E-state index in [-0.39, 0.29) is 6.42 Å². The Morgan fingerprint density at radius 2 is 2.11 bits per heavy atom. The predicted molar refractivity (Wildman–Crippen MR) is 71.0 cm³/mol. The van der Waals surface area contributed by atoms with E-state index in [4.69, 9.17) is 9.84 Å². The Hall–Kier alpha value is -1.30. The maximum absolute atomic E-state index is 11.6. The molecule has 6 heteroatoms. The summed E-state index contributed by atoms with van der Waals surface area (Å²) in [6.07, 6.45) is 1.27. The Labute approximate surface area is 113 Å². The number of carbonyl (C=O) groups excluding carboxylic acids is 1. The third-order valence-electron chi connectivity index (χ3n) is 3.09. The van der Waals surface area contributed by atoms with Crippen LogP contribution in [0.15, 0.2) is 0 Å². The first kappa shape index (κ1) is 15.8. The molecule has 1 heterocycles. The highest BCUT2D eigenvalue weighted by atomic mass is 16.6. The number of piperidine rings is 1. The van der Waals surface area contributed by atoms with Crippen LogP contribution in [0.25, 0.3) is 0 Å². The number of nitrogens with one attached hydrogen (secondary N) is 2. The zero-order valence-corrected chi connectivity index (χ0v) is 11.9. The van der Waals surface area contributed by atoms with Crippen molar-refractivity contribution in [1.29, 1.82) is 0 Å². The number of carboxylic acids is 1. The molecular formula is C13H24N2O4. The highest BCUT2D eigenvalue weighted by Crippen LogP contribution is 2.29. The fourth-order valence-electron chi connectivity index (χ4n) is 2.29. The lowest BCUT2D eigenvalue weighted by molar-refractivity contribution is -0.140. The molecule has 0 aromatic carbocycles. The van der Waals surface area contributed by atoms with Gasteiger partial charge in [0.15, 0.2) is 0 Å². The van der Waals surface area contributed by atoms with Crippen molar-refractivity contribution in [3.63, 3.8) is 0 Å². The van der Waals surface area contributed by atoms with Gasteiger partial charge < -0.3 is 20.5 Å². The highest BCUT2D eigenvalue weighted by molar-refractivity contribution is 5.69. The molecule has 6 nitrogen and oxygen atoms in total. The van der Waals surface area contributed by atoms with Crippen molar-refractivity contribution >= 4 is 12.1 Å². The number of alkyl carbamates (subject to hydrolysis) is 1. The molecule has 0 aliphatic carbocycles. The van der Waals surface area contributed by atoms with Gasteiger partial charge in [0, 0.05) is 18.5 Å². The van der Waals surface area contributed by atoms with Crippen LogP contribution in [0.2, 0.25) is 0 Å². The fourth-order valence-corrected chi connectivity index (χ4v) is 2.29. The summed E-state index contributed by atoms with van der Waals surface area (Å²) in [6.45, 7) is 7.20. The van der Waals surface area contributed by atoms with Crippen molar-refractivity contribution in [2.45, 2.75) is 45.6 Å². The van der Waals surface area contributed by atoms with E-state index in [1.165, 1.54) is 0 Å². The topological polar surface area (TPSA) is 87.7 Å². The van der Waals surface area contributed by atoms with Crippen molar-refractivity contribution < 1.29 is 19.4 Å². The van der Waals surface area contributed by atoms with Gasteiger partial charge in [-0.15, -0.1) is 0 Å². The van der Waals surface area contributed by atoms with Crippen molar-refractivity contribution in [1.82, 2.24) is 10.6 Å². The van der Waals surface area contributed by atoms with Gasteiger partial charge >= 0.3 is 12.1 Å². The van der Waals surface area contributed by atoms with Gasteiger partial charge in [-0.2, -0.15) is 0 Å². The van der Waals surface area contributed by atoms with Crippen molar-refractivity contribution in [3.05, 3.63) is 0 Å². The molecule has 0 aromatic heterocycles. The summed E-state index contributed by atoms with van der Waals surface area (Å²) in [7, 11) is 0. The summed E-state index contributed by atoms with van der Waals surface area (Å²) < 4.78 is 5.16. The molecule has 1 atom stereocenters. The Morgan fingerprint density at radius 3 is 2.58 bits per heavy atom. The van der Waals surface area contributed by atoms with Gasteiger partial charge in [0.1, 0.15) is 5.60 Å². The summed E-state index contributed by atoms with van der Waals surface area (Å²) in [4.78, 5) is 22.6. The molecule has 1 aliphatic rings. The van der Waals surface area contributed by atoms with Crippen LogP contribution in [0.5, 0.6) is 0 Å². The summed E-state index contributed by atoms with van der Waals surface area (Å²) >= 11 is 0. The third-order valence-corrected chi connectivity index (χ3v) is 3.09. The molecule has 0 spiro atoms. The van der Waals surface area contributed by atoms with Crippen LogP contribution in [0.1, 0.15) is 40.0 Å². The molecule has 1 fully saturated rings. The van der Waals surface area contributed by atoms with E-state index in [2.05, 4.69) is 10.6 Å². The van der Waals surface area contributed by atoms with Crippen LogP contribution in [-0.2, 0) is 9.53 Å². The number of amides is 1. The van der Waals surface area contributed by atoms with Gasteiger partial charge in [-0.05, 0) is 40.2 Å². The van der Waals surface area contributed by atoms with E-state index < -0.39 is 23.1 Å². The highest BCUT2D eigenvalue weighted by Gasteiger charge is 2.35. The Bertz CT molecular complexity index is 330. The summed E-state index contributed by atoms with van der Waals surface area (Å²) in [5, 5.41) is 14.9. The maximum Gasteiger partial charge on any atom is 0.407 e. The lowest BCUT2D eigenvalue weighted by atomic mass is 9.77. The zero-order chi connectivity index (χ0) is 14.5. The minimum atomic E-state index is -0.838. The Morgan fingerprint density at radius 1 is 1.42 bits per heavy atom. The number of ether oxygens (including phenoxy) is 1. The third kappa shape index (κ3) is 5.92. The first-order valence-corrected chi connectivity index (χ1v) is 6.62. The van der Waals surface area contributed by atoms with Gasteiger partial charge in [-0.3, -0.25) is 4.79 Å². The van der Waals surface area contributed by atoms with Crippen molar-refractivity contribution in [2.75, 3.05) is 19.6 Å². The molecule has 0 saturated carbocycles. The van der Waals surface area contributed by atoms with E-state index in [9.17, 15) is 9.59 Å². The first-order chi connectivity index (χ1) is 8.72. The number of aliphatic carboxylic acids is 1. The van der Waals surface area contributed by atoms with E-state index in [1.54, 1.807) is 20.8 Å². The number of carbonyl (C=O) groups is 2. The number of rotatable bonds is 4. The van der Waals surface area contributed by atoms with Gasteiger partial charge in [0.25, 0.3) is 0 Å². The van der Waals surface area contributed by atoms with E-state index in [1.807, 2.05) is 0 Å². The number of carboxylic acid groups (broad SMARTS) is 1. The molecule has 1 amide bonds. The van der Waals surface area contributed by atoms with Crippen LogP contribution in [-0.4, -0.2) is 42.4 Å². The summed E-state index contributed by atoms with van der Waals surface area (Å²) in [5.74, 6) is -0.838. The average Bonchev–Trinajstić information content (AvgIpc) is 2.24. The molecule has 19 heavy (non-hydrogen) atoms. The monoisotopic (exact) mass is 272 g/mol. The standard InChI is InChI=1S/C13H24N2O4/c1-12(2,3)19-11(18)15-9-13(7-10(16)17)5-4-6-14-8-13/h14H,4-9H2,1-3H3,(H,15,18)(H,16,17). The van der Waals surface area contributed by atoms with Crippen LogP contribution < -0.4 is 10.6 Å². The lowest BCUT2D eigenvalue weighted by Gasteiger charge is -2.36. The van der Waals surface area contributed by atoms with Crippen LogP contribution >= 0.6 is 0 Å². The molecule has 0 radical (unpaired) electrons. The van der Waals surface area contributed by atoms with Crippen LogP contribution in [0.3, 0.4) is 0 Å². The largest absolute Gasteiger partial charge is 0.481 e. The molecule has 110 valence electrons. The molecule has 1 rings (SSSR count). The minimum Gasteiger partial charge on any atom is -0.481 e. The maximum atomic E-state index is 11.6. The van der Waals surface area contributed by atoms with Crippen LogP contribution in [0, 0.1) is 5.41 Å². The van der Waals surface area contributed by atoms with Gasteiger partial charge in [0.05, 0.1) is 6.42 Å². The second-order valence-electron chi connectivity index (χ2n) is 6.21. The minimum absolute atomic E-state index is 0.0514. The van der Waals surface area contributed by atoms with Crippen molar-refractivity contribution in [3.8, 4) is 0 Å². The van der Waals surface area contributed by atoms with Gasteiger partial charge in [-0.1, -0.05) is 0 Å². The smallest absolute Gasteiger partial charge is 0.407 e. The summed E-state index contributed by atoms with van der Waals surface area (Å²) in [6, 6.07) is 0. The Kier molecular flexibility index (Phi) is 5.17. The molecule has 0 aromatic rings. The van der Waals surface area contributed by atoms with Gasteiger partial charge in [0.2, 0.25) is 0 Å². The second-order valence-corrected chi connectivity index (χ2v) is 6.21. The lowest BCUT2D eigenvalue weighted by Crippen LogP contribution is -2.49. The second kappa shape index (κ2) is 6.23. The van der Waals surface area contributed by atoms with Gasteiger partial charge in [-0.25, -0.2) is 4.79 Å². The molecule has 0 bridgehead atoms. The first-order valence-electron chi connectivity index (χ1n) is 6.62. The Balaban J connectivity index is 2.53. The number of hydrogen-bond donors (Lipinski definition) is 3. The van der Waals surface area contributed by atoms with Crippen LogP contribution in [0.4, 0.5) is 4.79 Å². The molecule has 3 N–H and O–H groups in total. The molecule has 1 unspecified atom stereocenters. The SMILES string of the molecule is CC(C)(C)OC(=O)NCC1(CC(=O)O)CCCNC1. The van der Waals surface area contributed by atoms with E-state index in [0.717, 1.165) is 19.4 Å². The molecule has 1 aliphatic heterocycles. The summed E-state index contributed by atoms with van der Waals surface area (Å²) in [5.41, 5.74) is -0.962. The van der Waals surface area contributed by atoms with E-state index in [0.29, 0.717) is 13.1 Å². The quantitative estimate of drug-likeness (QED) is 0.719. The predicted octanol–water partition coefficient (Wildman–Crippen LogP) is 1.36. The average molecular weight is 272 g/mol. The fraction of sp³-hybridized carbons (Fsp3) is 0.846. The van der Waals surface area contributed by atoms with Crippen molar-refractivity contribution in [2.24, 2.45) is 5.41 Å². The zero-order valence-electron chi connectivity index (χ0n) is 11.9. The number of hydrogen-bond acceptors (Lipinski definition) is 4. The van der Waals surface area contributed by atoms with E-state index >= 15 is 0 Å².